The smallest absolute Gasteiger partial charge is 0.191 e. The minimum atomic E-state index is -0.222. The molecule has 0 bridgehead atoms. The van der Waals surface area contributed by atoms with Gasteiger partial charge in [0, 0.05) is 31.7 Å². The number of hydrogen-bond acceptors (Lipinski definition) is 3. The van der Waals surface area contributed by atoms with E-state index in [1.54, 1.807) is 19.2 Å². The summed E-state index contributed by atoms with van der Waals surface area (Å²) in [5, 5.41) is 6.65. The largest absolute Gasteiger partial charge is 0.379 e. The first-order valence-corrected chi connectivity index (χ1v) is 8.83. The third-order valence-corrected chi connectivity index (χ3v) is 4.38. The molecule has 7 heteroatoms. The lowest BCUT2D eigenvalue weighted by Crippen LogP contribution is -2.47. The first-order valence-electron chi connectivity index (χ1n) is 8.83. The van der Waals surface area contributed by atoms with Crippen LogP contribution >= 0.6 is 24.0 Å². The van der Waals surface area contributed by atoms with E-state index in [1.807, 2.05) is 6.07 Å². The van der Waals surface area contributed by atoms with Gasteiger partial charge in [-0.15, -0.1) is 24.0 Å². The predicted octanol–water partition coefficient (Wildman–Crippen LogP) is 3.08. The number of nitrogens with one attached hydrogen (secondary N) is 2. The van der Waals surface area contributed by atoms with E-state index in [1.165, 1.54) is 6.07 Å². The number of hydrogen-bond donors (Lipinski definition) is 2. The van der Waals surface area contributed by atoms with E-state index in [-0.39, 0.29) is 47.4 Å². The van der Waals surface area contributed by atoms with Crippen LogP contribution in [0.5, 0.6) is 0 Å². The Morgan fingerprint density at radius 2 is 2.23 bits per heavy atom. The fourth-order valence-corrected chi connectivity index (χ4v) is 2.71. The zero-order valence-electron chi connectivity index (χ0n) is 16.0. The second-order valence-electron chi connectivity index (χ2n) is 7.18. The molecule has 1 saturated heterocycles. The van der Waals surface area contributed by atoms with Crippen molar-refractivity contribution < 1.29 is 13.9 Å². The lowest BCUT2D eigenvalue weighted by Gasteiger charge is -2.27. The van der Waals surface area contributed by atoms with Crippen LogP contribution in [0.25, 0.3) is 0 Å². The maximum Gasteiger partial charge on any atom is 0.191 e. The predicted molar refractivity (Wildman–Crippen MR) is 114 cm³/mol. The molecule has 2 N–H and O–H groups in total. The van der Waals surface area contributed by atoms with E-state index >= 15 is 0 Å². The Morgan fingerprint density at radius 1 is 1.46 bits per heavy atom. The molecule has 2 unspecified atom stereocenters. The van der Waals surface area contributed by atoms with Crippen molar-refractivity contribution in [2.45, 2.75) is 44.8 Å². The number of halogens is 2. The van der Waals surface area contributed by atoms with E-state index in [0.717, 1.165) is 18.6 Å². The molecule has 0 aliphatic carbocycles. The lowest BCUT2D eigenvalue weighted by molar-refractivity contribution is 0.0347. The Kier molecular flexibility index (Phi) is 9.81. The summed E-state index contributed by atoms with van der Waals surface area (Å²) in [4.78, 5) is 4.26. The molecule has 0 aromatic heterocycles. The number of nitrogens with zero attached hydrogens (tertiary/aromatic N) is 1. The van der Waals surface area contributed by atoms with Gasteiger partial charge in [0.2, 0.25) is 0 Å². The second kappa shape index (κ2) is 11.0. The van der Waals surface area contributed by atoms with Crippen LogP contribution in [0.15, 0.2) is 29.3 Å². The average molecular weight is 479 g/mol. The molecule has 2 rings (SSSR count). The van der Waals surface area contributed by atoms with Gasteiger partial charge in [-0.1, -0.05) is 26.0 Å². The Labute approximate surface area is 173 Å². The molecule has 5 nitrogen and oxygen atoms in total. The van der Waals surface area contributed by atoms with Crippen LogP contribution in [-0.2, 0) is 14.9 Å². The lowest BCUT2D eigenvalue weighted by atomic mass is 9.84. The molecule has 0 radical (unpaired) electrons. The summed E-state index contributed by atoms with van der Waals surface area (Å²) in [7, 11) is 1.74. The molecule has 148 valence electrons. The topological polar surface area (TPSA) is 54.9 Å². The molecule has 2 atom stereocenters. The van der Waals surface area contributed by atoms with Gasteiger partial charge in [-0.25, -0.2) is 4.39 Å². The van der Waals surface area contributed by atoms with Gasteiger partial charge in [-0.3, -0.25) is 4.99 Å². The highest BCUT2D eigenvalue weighted by molar-refractivity contribution is 14.0. The fraction of sp³-hybridized carbons (Fsp3) is 0.632. The molecule has 0 amide bonds. The third kappa shape index (κ3) is 7.36. The zero-order valence-corrected chi connectivity index (χ0v) is 18.4. The Morgan fingerprint density at radius 3 is 2.85 bits per heavy atom. The molecular formula is C19H31FIN3O2. The highest BCUT2D eigenvalue weighted by Gasteiger charge is 2.22. The Bertz CT molecular complexity index is 578. The van der Waals surface area contributed by atoms with Crippen molar-refractivity contribution in [3.63, 3.8) is 0 Å². The molecule has 1 aliphatic rings. The van der Waals surface area contributed by atoms with Gasteiger partial charge < -0.3 is 20.1 Å². The van der Waals surface area contributed by atoms with Crippen LogP contribution in [0, 0.1) is 5.82 Å². The van der Waals surface area contributed by atoms with E-state index in [0.29, 0.717) is 25.7 Å². The quantitative estimate of drug-likeness (QED) is 0.359. The van der Waals surface area contributed by atoms with Crippen LogP contribution in [0.3, 0.4) is 0 Å². The molecule has 26 heavy (non-hydrogen) atoms. The van der Waals surface area contributed by atoms with Gasteiger partial charge in [0.15, 0.2) is 5.96 Å². The van der Waals surface area contributed by atoms with E-state index < -0.39 is 0 Å². The van der Waals surface area contributed by atoms with E-state index in [9.17, 15) is 4.39 Å². The second-order valence-corrected chi connectivity index (χ2v) is 7.18. The van der Waals surface area contributed by atoms with Gasteiger partial charge in [0.1, 0.15) is 5.82 Å². The van der Waals surface area contributed by atoms with Crippen molar-refractivity contribution in [2.24, 2.45) is 4.99 Å². The van der Waals surface area contributed by atoms with Gasteiger partial charge in [0.05, 0.1) is 19.3 Å². The highest BCUT2D eigenvalue weighted by atomic mass is 127. The van der Waals surface area contributed by atoms with Crippen molar-refractivity contribution >= 4 is 29.9 Å². The standard InChI is InChI=1S/C19H30FN3O2.HI/c1-14(11-25-17-8-9-24-12-17)23-18(21-4)22-13-19(2,3)15-6-5-7-16(20)10-15;/h5-7,10,14,17H,8-9,11-13H2,1-4H3,(H2,21,22,23);1H. The Balaban J connectivity index is 0.00000338. The van der Waals surface area contributed by atoms with Crippen molar-refractivity contribution in [1.82, 2.24) is 10.6 Å². The fourth-order valence-electron chi connectivity index (χ4n) is 2.71. The number of ether oxygens (including phenoxy) is 2. The van der Waals surface area contributed by atoms with Crippen molar-refractivity contribution in [1.29, 1.82) is 0 Å². The van der Waals surface area contributed by atoms with E-state index in [4.69, 9.17) is 9.47 Å². The third-order valence-electron chi connectivity index (χ3n) is 4.38. The molecule has 1 fully saturated rings. The number of benzene rings is 1. The van der Waals surface area contributed by atoms with E-state index in [2.05, 4.69) is 36.4 Å². The van der Waals surface area contributed by atoms with Gasteiger partial charge in [-0.2, -0.15) is 0 Å². The summed E-state index contributed by atoms with van der Waals surface area (Å²) in [5.74, 6) is 0.498. The normalized spacial score (nSPS) is 19.0. The first-order chi connectivity index (χ1) is 11.9. The number of guanidine groups is 1. The molecular weight excluding hydrogens is 448 g/mol. The maximum absolute atomic E-state index is 13.5. The van der Waals surface area contributed by atoms with Gasteiger partial charge in [-0.05, 0) is 31.0 Å². The molecule has 1 aromatic carbocycles. The number of aliphatic imine (C=N–C) groups is 1. The summed E-state index contributed by atoms with van der Waals surface area (Å²) in [6.45, 7) is 8.92. The Hall–Kier alpha value is -0.930. The molecule has 1 heterocycles. The van der Waals surface area contributed by atoms with Gasteiger partial charge >= 0.3 is 0 Å². The molecule has 0 saturated carbocycles. The van der Waals surface area contributed by atoms with Crippen molar-refractivity contribution in [2.75, 3.05) is 33.4 Å². The maximum atomic E-state index is 13.5. The summed E-state index contributed by atoms with van der Waals surface area (Å²) in [5.41, 5.74) is 0.730. The molecule has 1 aliphatic heterocycles. The molecule has 1 aromatic rings. The SMILES string of the molecule is CN=C(NCC(C)(C)c1cccc(F)c1)NC(C)COC1CCOC1.I. The summed E-state index contributed by atoms with van der Waals surface area (Å²) < 4.78 is 24.6. The van der Waals surface area contributed by atoms with Crippen molar-refractivity contribution in [3.05, 3.63) is 35.6 Å². The highest BCUT2D eigenvalue weighted by Crippen LogP contribution is 2.22. The van der Waals surface area contributed by atoms with Crippen LogP contribution in [0.4, 0.5) is 4.39 Å². The summed E-state index contributed by atoms with van der Waals surface area (Å²) in [6, 6.07) is 6.86. The van der Waals surface area contributed by atoms with Crippen LogP contribution < -0.4 is 10.6 Å². The van der Waals surface area contributed by atoms with Crippen LogP contribution in [-0.4, -0.2) is 51.5 Å². The van der Waals surface area contributed by atoms with Gasteiger partial charge in [0.25, 0.3) is 0 Å². The minimum Gasteiger partial charge on any atom is -0.379 e. The first kappa shape index (κ1) is 23.1. The zero-order chi connectivity index (χ0) is 18.3. The minimum absolute atomic E-state index is 0. The van der Waals surface area contributed by atoms with Crippen LogP contribution in [0.1, 0.15) is 32.8 Å². The summed E-state index contributed by atoms with van der Waals surface area (Å²) >= 11 is 0. The monoisotopic (exact) mass is 479 g/mol. The average Bonchev–Trinajstić information content (AvgIpc) is 3.10. The summed E-state index contributed by atoms with van der Waals surface area (Å²) in [6.07, 6.45) is 1.16. The van der Waals surface area contributed by atoms with Crippen molar-refractivity contribution in [3.8, 4) is 0 Å². The number of rotatable bonds is 7. The molecule has 0 spiro atoms. The van der Waals surface area contributed by atoms with Crippen LogP contribution in [0.2, 0.25) is 0 Å².